The Balaban J connectivity index is 2.77. The summed E-state index contributed by atoms with van der Waals surface area (Å²) in [7, 11) is 1.71. The van der Waals surface area contributed by atoms with Crippen molar-refractivity contribution >= 4 is 17.3 Å². The van der Waals surface area contributed by atoms with E-state index in [0.717, 1.165) is 29.1 Å². The minimum atomic E-state index is 0.878. The summed E-state index contributed by atoms with van der Waals surface area (Å²) in [4.78, 5) is 0. The minimum Gasteiger partial charge on any atom is -0.500 e. The van der Waals surface area contributed by atoms with Crippen LogP contribution in [0.5, 0.6) is 0 Å². The van der Waals surface area contributed by atoms with E-state index in [0.29, 0.717) is 0 Å². The molecule has 0 spiro atoms. The number of hydrogen-bond donors (Lipinski definition) is 0. The van der Waals surface area contributed by atoms with Crippen LogP contribution in [0.4, 0.5) is 0 Å². The second-order valence-electron chi connectivity index (χ2n) is 4.22. The molecule has 0 radical (unpaired) electrons. The maximum Gasteiger partial charge on any atom is 0.106 e. The van der Waals surface area contributed by atoms with E-state index in [4.69, 9.17) is 4.74 Å². The number of thioether (sulfide) groups is 1. The Morgan fingerprint density at radius 1 is 1.33 bits per heavy atom. The molecule has 1 rings (SSSR count). The first-order valence-electron chi connectivity index (χ1n) is 6.23. The number of ether oxygens (including phenoxy) is 1. The van der Waals surface area contributed by atoms with Crippen molar-refractivity contribution < 1.29 is 4.74 Å². The maximum atomic E-state index is 5.32. The molecule has 0 aliphatic carbocycles. The minimum absolute atomic E-state index is 0.878. The summed E-state index contributed by atoms with van der Waals surface area (Å²) < 4.78 is 5.32. The third kappa shape index (κ3) is 4.61. The molecule has 0 aromatic heterocycles. The Morgan fingerprint density at radius 3 is 2.50 bits per heavy atom. The normalized spacial score (nSPS) is 11.4. The Morgan fingerprint density at radius 2 is 2.00 bits per heavy atom. The van der Waals surface area contributed by atoms with Gasteiger partial charge in [-0.3, -0.25) is 0 Å². The zero-order chi connectivity index (χ0) is 13.4. The highest BCUT2D eigenvalue weighted by Crippen LogP contribution is 2.18. The molecule has 0 fully saturated rings. The lowest BCUT2D eigenvalue weighted by molar-refractivity contribution is 0.296. The molecule has 0 bridgehead atoms. The van der Waals surface area contributed by atoms with Gasteiger partial charge in [0, 0.05) is 0 Å². The van der Waals surface area contributed by atoms with Crippen LogP contribution in [-0.4, -0.2) is 19.1 Å². The zero-order valence-corrected chi connectivity index (χ0v) is 12.3. The first kappa shape index (κ1) is 14.9. The molecule has 98 valence electrons. The van der Waals surface area contributed by atoms with Gasteiger partial charge in [0.15, 0.2) is 0 Å². The first-order valence-corrected chi connectivity index (χ1v) is 7.62. The second kappa shape index (κ2) is 8.04. The Bertz CT molecular complexity index is 404. The first-order chi connectivity index (χ1) is 8.71. The number of hydrogen-bond acceptors (Lipinski definition) is 2. The van der Waals surface area contributed by atoms with Crippen LogP contribution in [0.15, 0.2) is 42.7 Å². The smallest absolute Gasteiger partial charge is 0.106 e. The fourth-order valence-electron chi connectivity index (χ4n) is 1.75. The Hall–Kier alpha value is -1.15. The van der Waals surface area contributed by atoms with Gasteiger partial charge in [-0.2, -0.15) is 11.8 Å². The van der Waals surface area contributed by atoms with Crippen LogP contribution in [0.25, 0.3) is 5.57 Å². The third-order valence-electron chi connectivity index (χ3n) is 2.75. The Labute approximate surface area is 115 Å². The van der Waals surface area contributed by atoms with E-state index >= 15 is 0 Å². The molecule has 1 aromatic carbocycles. The number of methoxy groups -OCH3 is 1. The number of aryl methyl sites for hydroxylation is 1. The van der Waals surface area contributed by atoms with Crippen molar-refractivity contribution in [2.45, 2.75) is 19.8 Å². The van der Waals surface area contributed by atoms with Crippen LogP contribution in [0.2, 0.25) is 0 Å². The van der Waals surface area contributed by atoms with Gasteiger partial charge in [0.2, 0.25) is 0 Å². The van der Waals surface area contributed by atoms with Crippen molar-refractivity contribution in [3.8, 4) is 0 Å². The highest BCUT2D eigenvalue weighted by Gasteiger charge is 2.00. The summed E-state index contributed by atoms with van der Waals surface area (Å²) in [5.74, 6) is 1.84. The monoisotopic (exact) mass is 262 g/mol. The fraction of sp³-hybridized carbons (Fsp3) is 0.375. The van der Waals surface area contributed by atoms with Crippen LogP contribution in [0.1, 0.15) is 24.5 Å². The van der Waals surface area contributed by atoms with Gasteiger partial charge in [-0.1, -0.05) is 44.2 Å². The van der Waals surface area contributed by atoms with Crippen molar-refractivity contribution in [3.63, 3.8) is 0 Å². The molecule has 18 heavy (non-hydrogen) atoms. The molecule has 0 amide bonds. The summed E-state index contributed by atoms with van der Waals surface area (Å²) in [6.45, 7) is 6.30. The van der Waals surface area contributed by atoms with Gasteiger partial charge in [-0.25, -0.2) is 0 Å². The Kier molecular flexibility index (Phi) is 6.66. The predicted molar refractivity (Wildman–Crippen MR) is 82.9 cm³/mol. The SMILES string of the molecule is C=C(/C=C(\CSC)OC)c1ccc(CCC)cc1. The molecule has 0 heterocycles. The van der Waals surface area contributed by atoms with E-state index in [1.165, 1.54) is 12.0 Å². The fourth-order valence-corrected chi connectivity index (χ4v) is 2.24. The molecule has 0 aliphatic rings. The van der Waals surface area contributed by atoms with E-state index in [1.807, 2.05) is 6.08 Å². The van der Waals surface area contributed by atoms with Crippen LogP contribution in [0.3, 0.4) is 0 Å². The lowest BCUT2D eigenvalue weighted by Crippen LogP contribution is -1.92. The highest BCUT2D eigenvalue weighted by atomic mass is 32.2. The van der Waals surface area contributed by atoms with Gasteiger partial charge in [-0.15, -0.1) is 0 Å². The van der Waals surface area contributed by atoms with E-state index in [-0.39, 0.29) is 0 Å². The average molecular weight is 262 g/mol. The van der Waals surface area contributed by atoms with Crippen LogP contribution in [-0.2, 0) is 11.2 Å². The molecule has 0 saturated carbocycles. The van der Waals surface area contributed by atoms with Gasteiger partial charge in [0.05, 0.1) is 12.9 Å². The van der Waals surface area contributed by atoms with Crippen molar-refractivity contribution in [2.75, 3.05) is 19.1 Å². The molecule has 0 saturated heterocycles. The van der Waals surface area contributed by atoms with E-state index in [9.17, 15) is 0 Å². The molecule has 0 aliphatic heterocycles. The van der Waals surface area contributed by atoms with Crippen LogP contribution < -0.4 is 0 Å². The topological polar surface area (TPSA) is 9.23 Å². The third-order valence-corrected chi connectivity index (χ3v) is 3.32. The zero-order valence-electron chi connectivity index (χ0n) is 11.5. The average Bonchev–Trinajstić information content (AvgIpc) is 2.39. The van der Waals surface area contributed by atoms with Gasteiger partial charge in [0.1, 0.15) is 5.76 Å². The van der Waals surface area contributed by atoms with Crippen molar-refractivity contribution in [1.82, 2.24) is 0 Å². The standard InChI is InChI=1S/C16H22OS/c1-5-6-14-7-9-15(10-8-14)13(2)11-16(17-3)12-18-4/h7-11H,2,5-6,12H2,1,3-4H3/b16-11+. The van der Waals surface area contributed by atoms with E-state index in [1.54, 1.807) is 18.9 Å². The molecular formula is C16H22OS. The largest absolute Gasteiger partial charge is 0.500 e. The highest BCUT2D eigenvalue weighted by molar-refractivity contribution is 7.98. The number of benzene rings is 1. The predicted octanol–water partition coefficient (Wildman–Crippen LogP) is 4.55. The van der Waals surface area contributed by atoms with Gasteiger partial charge in [0.25, 0.3) is 0 Å². The van der Waals surface area contributed by atoms with Crippen molar-refractivity contribution in [2.24, 2.45) is 0 Å². The maximum absolute atomic E-state index is 5.32. The summed E-state index contributed by atoms with van der Waals surface area (Å²) in [6, 6.07) is 8.63. The van der Waals surface area contributed by atoms with Gasteiger partial charge < -0.3 is 4.74 Å². The lowest BCUT2D eigenvalue weighted by Gasteiger charge is -2.07. The molecule has 1 nitrogen and oxygen atoms in total. The van der Waals surface area contributed by atoms with Gasteiger partial charge >= 0.3 is 0 Å². The molecule has 0 atom stereocenters. The lowest BCUT2D eigenvalue weighted by atomic mass is 10.0. The number of allylic oxidation sites excluding steroid dienone is 2. The molecule has 2 heteroatoms. The van der Waals surface area contributed by atoms with E-state index < -0.39 is 0 Å². The summed E-state index contributed by atoms with van der Waals surface area (Å²) in [5.41, 5.74) is 3.54. The summed E-state index contributed by atoms with van der Waals surface area (Å²) in [6.07, 6.45) is 6.40. The van der Waals surface area contributed by atoms with Crippen LogP contribution in [0, 0.1) is 0 Å². The number of rotatable bonds is 7. The van der Waals surface area contributed by atoms with E-state index in [2.05, 4.69) is 44.0 Å². The molecule has 1 aromatic rings. The van der Waals surface area contributed by atoms with Crippen molar-refractivity contribution in [3.05, 3.63) is 53.8 Å². The van der Waals surface area contributed by atoms with Crippen molar-refractivity contribution in [1.29, 1.82) is 0 Å². The van der Waals surface area contributed by atoms with Crippen LogP contribution >= 0.6 is 11.8 Å². The van der Waals surface area contributed by atoms with Gasteiger partial charge in [-0.05, 0) is 35.5 Å². The molecule has 0 N–H and O–H groups in total. The molecule has 0 unspecified atom stereocenters. The quantitative estimate of drug-likeness (QED) is 0.527. The second-order valence-corrected chi connectivity index (χ2v) is 5.09. The molecular weight excluding hydrogens is 240 g/mol. The summed E-state index contributed by atoms with van der Waals surface area (Å²) in [5, 5.41) is 0. The summed E-state index contributed by atoms with van der Waals surface area (Å²) >= 11 is 1.75.